The fourth-order valence-corrected chi connectivity index (χ4v) is 2.80. The highest BCUT2D eigenvalue weighted by Crippen LogP contribution is 2.29. The normalized spacial score (nSPS) is 10.5. The van der Waals surface area contributed by atoms with Crippen molar-refractivity contribution in [1.29, 1.82) is 0 Å². The second kappa shape index (κ2) is 7.34. The highest BCUT2D eigenvalue weighted by atomic mass is 79.9. The molecule has 0 aliphatic heterocycles. The van der Waals surface area contributed by atoms with E-state index in [0.717, 1.165) is 21.5 Å². The van der Waals surface area contributed by atoms with Crippen LogP contribution < -0.4 is 10.1 Å². The van der Waals surface area contributed by atoms with Gasteiger partial charge in [0.1, 0.15) is 12.4 Å². The molecule has 0 atom stereocenters. The van der Waals surface area contributed by atoms with Gasteiger partial charge in [-0.2, -0.15) is 0 Å². The molecule has 3 aromatic carbocycles. The lowest BCUT2D eigenvalue weighted by molar-refractivity contribution is 0.360. The molecule has 2 nitrogen and oxygen atoms in total. The van der Waals surface area contributed by atoms with Crippen LogP contribution in [0.25, 0.3) is 10.8 Å². The molecule has 0 spiro atoms. The predicted molar refractivity (Wildman–Crippen MR) is 101 cm³/mol. The van der Waals surface area contributed by atoms with Gasteiger partial charge < -0.3 is 10.1 Å². The van der Waals surface area contributed by atoms with Crippen molar-refractivity contribution in [1.82, 2.24) is 0 Å². The quantitative estimate of drug-likeness (QED) is 0.557. The molecule has 0 radical (unpaired) electrons. The van der Waals surface area contributed by atoms with Crippen LogP contribution in [0.3, 0.4) is 0 Å². The molecule has 0 saturated heterocycles. The zero-order valence-electron chi connectivity index (χ0n) is 12.8. The van der Waals surface area contributed by atoms with E-state index in [1.165, 1.54) is 10.8 Å². The third-order valence-corrected chi connectivity index (χ3v) is 4.20. The fourth-order valence-electron chi connectivity index (χ4n) is 2.54. The van der Waals surface area contributed by atoms with Crippen LogP contribution in [0.1, 0.15) is 5.56 Å². The molecule has 0 fully saturated rings. The maximum atomic E-state index is 5.84. The van der Waals surface area contributed by atoms with Gasteiger partial charge in [0.05, 0.1) is 0 Å². The molecule has 0 unspecified atom stereocenters. The molecule has 0 amide bonds. The Bertz CT molecular complexity index is 811. The molecule has 3 aromatic rings. The zero-order chi connectivity index (χ0) is 16.1. The first-order valence-electron chi connectivity index (χ1n) is 7.51. The highest BCUT2D eigenvalue weighted by molar-refractivity contribution is 9.10. The topological polar surface area (TPSA) is 21.3 Å². The first kappa shape index (κ1) is 15.6. The molecule has 116 valence electrons. The highest BCUT2D eigenvalue weighted by Gasteiger charge is 2.08. The number of hydrogen-bond donors (Lipinski definition) is 1. The minimum atomic E-state index is 0.504. The number of halogens is 1. The van der Waals surface area contributed by atoms with Gasteiger partial charge in [-0.15, -0.1) is 0 Å². The standard InChI is InChI=1S/C20H18BrNO/c1-2-13-23-20-12-7-15-5-3-4-6-18(15)19(20)14-22-17-10-8-16(21)9-11-17/h2-12,22H,1,13-14H2. The molecule has 0 bridgehead atoms. The number of nitrogens with one attached hydrogen (secondary N) is 1. The van der Waals surface area contributed by atoms with Crippen molar-refractivity contribution < 1.29 is 4.74 Å². The van der Waals surface area contributed by atoms with E-state index in [4.69, 9.17) is 4.74 Å². The Morgan fingerprint density at radius 3 is 2.57 bits per heavy atom. The maximum absolute atomic E-state index is 5.84. The van der Waals surface area contributed by atoms with Gasteiger partial charge >= 0.3 is 0 Å². The molecule has 23 heavy (non-hydrogen) atoms. The Morgan fingerprint density at radius 1 is 1.00 bits per heavy atom. The van der Waals surface area contributed by atoms with Gasteiger partial charge in [-0.1, -0.05) is 58.9 Å². The van der Waals surface area contributed by atoms with E-state index in [2.05, 4.69) is 70.3 Å². The van der Waals surface area contributed by atoms with Crippen molar-refractivity contribution in [3.63, 3.8) is 0 Å². The van der Waals surface area contributed by atoms with Gasteiger partial charge in [0.25, 0.3) is 0 Å². The number of hydrogen-bond acceptors (Lipinski definition) is 2. The summed E-state index contributed by atoms with van der Waals surface area (Å²) in [6.45, 7) is 4.93. The number of benzene rings is 3. The van der Waals surface area contributed by atoms with Crippen LogP contribution in [0, 0.1) is 0 Å². The first-order chi connectivity index (χ1) is 11.3. The zero-order valence-corrected chi connectivity index (χ0v) is 14.3. The molecular formula is C20H18BrNO. The van der Waals surface area contributed by atoms with Crippen molar-refractivity contribution in [2.24, 2.45) is 0 Å². The Morgan fingerprint density at radius 2 is 1.78 bits per heavy atom. The summed E-state index contributed by atoms with van der Waals surface area (Å²) in [6.07, 6.45) is 1.77. The van der Waals surface area contributed by atoms with Gasteiger partial charge in [0.15, 0.2) is 0 Å². The summed E-state index contributed by atoms with van der Waals surface area (Å²) in [7, 11) is 0. The fraction of sp³-hybridized carbons (Fsp3) is 0.100. The summed E-state index contributed by atoms with van der Waals surface area (Å²) >= 11 is 3.46. The molecule has 3 rings (SSSR count). The smallest absolute Gasteiger partial charge is 0.125 e. The third kappa shape index (κ3) is 3.74. The van der Waals surface area contributed by atoms with Crippen molar-refractivity contribution in [2.45, 2.75) is 6.54 Å². The minimum Gasteiger partial charge on any atom is -0.489 e. The van der Waals surface area contributed by atoms with Crippen LogP contribution in [0.15, 0.2) is 77.8 Å². The summed E-state index contributed by atoms with van der Waals surface area (Å²) in [5.41, 5.74) is 2.24. The molecule has 1 N–H and O–H groups in total. The molecule has 3 heteroatoms. The van der Waals surface area contributed by atoms with Gasteiger partial charge in [0.2, 0.25) is 0 Å². The van der Waals surface area contributed by atoms with Crippen molar-refractivity contribution in [3.05, 3.63) is 83.4 Å². The molecule has 0 aliphatic rings. The lowest BCUT2D eigenvalue weighted by Crippen LogP contribution is -2.04. The molecule has 0 aliphatic carbocycles. The van der Waals surface area contributed by atoms with Gasteiger partial charge in [0, 0.05) is 22.3 Å². The lowest BCUT2D eigenvalue weighted by Gasteiger charge is -2.15. The number of fused-ring (bicyclic) bond motifs is 1. The second-order valence-corrected chi connectivity index (χ2v) is 6.14. The molecular weight excluding hydrogens is 350 g/mol. The Labute approximate surface area is 144 Å². The van der Waals surface area contributed by atoms with E-state index < -0.39 is 0 Å². The van der Waals surface area contributed by atoms with E-state index >= 15 is 0 Å². The van der Waals surface area contributed by atoms with Crippen LogP contribution >= 0.6 is 15.9 Å². The third-order valence-electron chi connectivity index (χ3n) is 3.67. The second-order valence-electron chi connectivity index (χ2n) is 5.22. The van der Waals surface area contributed by atoms with Crippen LogP contribution in [0.5, 0.6) is 5.75 Å². The summed E-state index contributed by atoms with van der Waals surface area (Å²) in [5.74, 6) is 0.896. The summed E-state index contributed by atoms with van der Waals surface area (Å²) in [4.78, 5) is 0. The van der Waals surface area contributed by atoms with E-state index in [1.54, 1.807) is 6.08 Å². The summed E-state index contributed by atoms with van der Waals surface area (Å²) in [6, 6.07) is 20.7. The Hall–Kier alpha value is -2.26. The maximum Gasteiger partial charge on any atom is 0.125 e. The van der Waals surface area contributed by atoms with Gasteiger partial charge in [-0.25, -0.2) is 0 Å². The van der Waals surface area contributed by atoms with Crippen molar-refractivity contribution >= 4 is 32.4 Å². The largest absolute Gasteiger partial charge is 0.489 e. The van der Waals surface area contributed by atoms with Gasteiger partial charge in [-0.05, 0) is 41.1 Å². The minimum absolute atomic E-state index is 0.504. The average molecular weight is 368 g/mol. The van der Waals surface area contributed by atoms with Crippen LogP contribution in [-0.2, 0) is 6.54 Å². The number of rotatable bonds is 6. The number of anilines is 1. The monoisotopic (exact) mass is 367 g/mol. The SMILES string of the molecule is C=CCOc1ccc2ccccc2c1CNc1ccc(Br)cc1. The van der Waals surface area contributed by atoms with Crippen molar-refractivity contribution in [3.8, 4) is 5.75 Å². The van der Waals surface area contributed by atoms with E-state index in [9.17, 15) is 0 Å². The van der Waals surface area contributed by atoms with E-state index in [-0.39, 0.29) is 0 Å². The van der Waals surface area contributed by atoms with E-state index in [0.29, 0.717) is 13.2 Å². The first-order valence-corrected chi connectivity index (χ1v) is 8.31. The Kier molecular flexibility index (Phi) is 4.99. The average Bonchev–Trinajstić information content (AvgIpc) is 2.59. The van der Waals surface area contributed by atoms with Crippen molar-refractivity contribution in [2.75, 3.05) is 11.9 Å². The molecule has 0 heterocycles. The molecule has 0 saturated carbocycles. The van der Waals surface area contributed by atoms with Crippen LogP contribution in [0.4, 0.5) is 5.69 Å². The molecule has 0 aromatic heterocycles. The lowest BCUT2D eigenvalue weighted by atomic mass is 10.0. The Balaban J connectivity index is 1.92. The predicted octanol–water partition coefficient (Wildman–Crippen LogP) is 5.78. The van der Waals surface area contributed by atoms with Gasteiger partial charge in [-0.3, -0.25) is 0 Å². The summed E-state index contributed by atoms with van der Waals surface area (Å²) < 4.78 is 6.91. The van der Waals surface area contributed by atoms with Crippen LogP contribution in [0.2, 0.25) is 0 Å². The van der Waals surface area contributed by atoms with E-state index in [1.807, 2.05) is 18.2 Å². The number of ether oxygens (including phenoxy) is 1. The summed E-state index contributed by atoms with van der Waals surface area (Å²) in [5, 5.41) is 5.89. The van der Waals surface area contributed by atoms with Crippen LogP contribution in [-0.4, -0.2) is 6.61 Å².